The first-order chi connectivity index (χ1) is 16.8. The van der Waals surface area contributed by atoms with Gasteiger partial charge in [0.1, 0.15) is 18.1 Å². The lowest BCUT2D eigenvalue weighted by Crippen LogP contribution is -2.41. The number of hydrogen-bond donors (Lipinski definition) is 1. The summed E-state index contributed by atoms with van der Waals surface area (Å²) < 4.78 is 46.7. The third kappa shape index (κ3) is 7.47. The maximum atomic E-state index is 13.7. The van der Waals surface area contributed by atoms with Gasteiger partial charge in [-0.1, -0.05) is 35.9 Å². The molecule has 0 radical (unpaired) electrons. The topological polar surface area (TPSA) is 75.7 Å². The molecule has 0 bridgehead atoms. The Bertz CT molecular complexity index is 1220. The van der Waals surface area contributed by atoms with Crippen LogP contribution in [0.5, 0.6) is 5.75 Å². The zero-order valence-corrected chi connectivity index (χ0v) is 21.4. The molecule has 0 unspecified atom stereocenters. The number of anilines is 1. The van der Waals surface area contributed by atoms with Crippen molar-refractivity contribution < 1.29 is 22.3 Å². The van der Waals surface area contributed by atoms with E-state index in [1.807, 2.05) is 6.92 Å². The van der Waals surface area contributed by atoms with Gasteiger partial charge in [0.05, 0.1) is 17.7 Å². The van der Waals surface area contributed by atoms with E-state index in [1.54, 1.807) is 66.4 Å². The fourth-order valence-electron chi connectivity index (χ4n) is 3.29. The molecule has 0 aromatic heterocycles. The highest BCUT2D eigenvalue weighted by Gasteiger charge is 2.27. The van der Waals surface area contributed by atoms with Crippen LogP contribution in [0.1, 0.15) is 17.5 Å². The van der Waals surface area contributed by atoms with Crippen molar-refractivity contribution in [1.82, 2.24) is 5.32 Å². The number of amides is 1. The smallest absolute Gasteiger partial charge is 0.264 e. The summed E-state index contributed by atoms with van der Waals surface area (Å²) in [6, 6.07) is 19.7. The molecule has 3 aromatic carbocycles. The van der Waals surface area contributed by atoms with Gasteiger partial charge in [-0.2, -0.15) is 11.8 Å². The van der Waals surface area contributed by atoms with Gasteiger partial charge < -0.3 is 10.1 Å². The van der Waals surface area contributed by atoms with Crippen LogP contribution in [0.3, 0.4) is 0 Å². The van der Waals surface area contributed by atoms with Crippen molar-refractivity contribution in [2.75, 3.05) is 30.3 Å². The van der Waals surface area contributed by atoms with Crippen molar-refractivity contribution in [2.24, 2.45) is 0 Å². The summed E-state index contributed by atoms with van der Waals surface area (Å²) in [5.41, 5.74) is 2.04. The zero-order valence-electron chi connectivity index (χ0n) is 19.7. The van der Waals surface area contributed by atoms with E-state index in [4.69, 9.17) is 4.74 Å². The van der Waals surface area contributed by atoms with Crippen LogP contribution in [-0.2, 0) is 20.6 Å². The molecule has 35 heavy (non-hydrogen) atoms. The first-order valence-electron chi connectivity index (χ1n) is 11.1. The lowest BCUT2D eigenvalue weighted by molar-refractivity contribution is -0.119. The molecule has 0 saturated heterocycles. The lowest BCUT2D eigenvalue weighted by atomic mass is 10.2. The van der Waals surface area contributed by atoms with E-state index in [9.17, 15) is 17.6 Å². The molecule has 0 saturated carbocycles. The molecule has 1 amide bonds. The lowest BCUT2D eigenvalue weighted by Gasteiger charge is -2.24. The number of hydrogen-bond acceptors (Lipinski definition) is 5. The highest BCUT2D eigenvalue weighted by Crippen LogP contribution is 2.25. The zero-order chi connectivity index (χ0) is 25.3. The van der Waals surface area contributed by atoms with Crippen molar-refractivity contribution in [3.05, 3.63) is 89.7 Å². The summed E-state index contributed by atoms with van der Waals surface area (Å²) in [6.45, 7) is 1.95. The molecule has 0 aliphatic rings. The second kappa shape index (κ2) is 12.6. The minimum atomic E-state index is -3.98. The van der Waals surface area contributed by atoms with Crippen molar-refractivity contribution in [3.8, 4) is 5.75 Å². The summed E-state index contributed by atoms with van der Waals surface area (Å²) in [5, 5.41) is 2.79. The van der Waals surface area contributed by atoms with Gasteiger partial charge in [-0.15, -0.1) is 0 Å². The van der Waals surface area contributed by atoms with Gasteiger partial charge in [0.15, 0.2) is 0 Å². The van der Waals surface area contributed by atoms with Crippen LogP contribution in [-0.4, -0.2) is 40.3 Å². The average molecular weight is 517 g/mol. The van der Waals surface area contributed by atoms with Crippen molar-refractivity contribution in [1.29, 1.82) is 0 Å². The van der Waals surface area contributed by atoms with Crippen LogP contribution in [0, 0.1) is 12.7 Å². The number of carbonyl (C=O) groups is 1. The summed E-state index contributed by atoms with van der Waals surface area (Å²) >= 11 is 1.58. The summed E-state index contributed by atoms with van der Waals surface area (Å²) in [7, 11) is -2.48. The second-order valence-electron chi connectivity index (χ2n) is 7.87. The first kappa shape index (κ1) is 26.6. The van der Waals surface area contributed by atoms with Crippen LogP contribution in [0.15, 0.2) is 77.7 Å². The number of nitrogens with zero attached hydrogens (tertiary/aromatic N) is 1. The highest BCUT2D eigenvalue weighted by atomic mass is 32.2. The maximum Gasteiger partial charge on any atom is 0.264 e. The first-order valence-corrected chi connectivity index (χ1v) is 13.7. The number of sulfonamides is 1. The molecule has 0 aliphatic heterocycles. The van der Waals surface area contributed by atoms with Crippen molar-refractivity contribution in [2.45, 2.75) is 24.0 Å². The average Bonchev–Trinajstić information content (AvgIpc) is 2.86. The predicted octanol–water partition coefficient (Wildman–Crippen LogP) is 4.78. The molecule has 0 fully saturated rings. The van der Waals surface area contributed by atoms with E-state index in [0.717, 1.165) is 15.6 Å². The summed E-state index contributed by atoms with van der Waals surface area (Å²) in [6.07, 6.45) is 0.681. The number of ether oxygens (including phenoxy) is 1. The Morgan fingerprint density at radius 2 is 1.71 bits per heavy atom. The fourth-order valence-corrected chi connectivity index (χ4v) is 5.65. The van der Waals surface area contributed by atoms with Crippen LogP contribution in [0.2, 0.25) is 0 Å². The molecule has 3 aromatic rings. The molecule has 9 heteroatoms. The van der Waals surface area contributed by atoms with E-state index < -0.39 is 15.9 Å². The van der Waals surface area contributed by atoms with Gasteiger partial charge in [-0.3, -0.25) is 9.10 Å². The predicted molar refractivity (Wildman–Crippen MR) is 139 cm³/mol. The summed E-state index contributed by atoms with van der Waals surface area (Å²) in [4.78, 5) is 12.7. The Kier molecular flexibility index (Phi) is 9.56. The fraction of sp³-hybridized carbons (Fsp3) is 0.269. The standard InChI is InChI=1S/C26H29FN2O4S2/c1-20-8-10-22(11-9-20)29(35(31,32)24-14-12-23(33-2)13-15-24)18-26(30)28-16-5-17-34-19-21-6-3-4-7-25(21)27/h3-4,6-15H,5,16-19H2,1-2H3,(H,28,30). The molecular weight excluding hydrogens is 487 g/mol. The van der Waals surface area contributed by atoms with Crippen molar-refractivity contribution >= 4 is 33.4 Å². The molecule has 0 aliphatic carbocycles. The maximum absolute atomic E-state index is 13.7. The van der Waals surface area contributed by atoms with Gasteiger partial charge in [-0.05, 0) is 67.1 Å². The third-order valence-corrected chi connectivity index (χ3v) is 8.14. The Morgan fingerprint density at radius 1 is 1.03 bits per heavy atom. The molecule has 186 valence electrons. The third-order valence-electron chi connectivity index (χ3n) is 5.26. The second-order valence-corrected chi connectivity index (χ2v) is 10.8. The van der Waals surface area contributed by atoms with Crippen LogP contribution < -0.4 is 14.4 Å². The van der Waals surface area contributed by atoms with E-state index in [-0.39, 0.29) is 17.3 Å². The van der Waals surface area contributed by atoms with Crippen LogP contribution in [0.25, 0.3) is 0 Å². The Hall–Kier alpha value is -3.04. The molecule has 3 rings (SSSR count). The number of carbonyl (C=O) groups excluding carboxylic acids is 1. The number of nitrogens with one attached hydrogen (secondary N) is 1. The number of rotatable bonds is 12. The molecule has 0 spiro atoms. The Labute approximate surface area is 210 Å². The minimum absolute atomic E-state index is 0.0659. The van der Waals surface area contributed by atoms with E-state index in [1.165, 1.54) is 25.3 Å². The number of benzene rings is 3. The van der Waals surface area contributed by atoms with Crippen LogP contribution in [0.4, 0.5) is 10.1 Å². The molecular formula is C26H29FN2O4S2. The molecule has 0 heterocycles. The number of aryl methyl sites for hydroxylation is 1. The molecule has 6 nitrogen and oxygen atoms in total. The van der Waals surface area contributed by atoms with Gasteiger partial charge >= 0.3 is 0 Å². The Morgan fingerprint density at radius 3 is 2.37 bits per heavy atom. The molecule has 0 atom stereocenters. The normalized spacial score (nSPS) is 11.2. The Balaban J connectivity index is 1.60. The van der Waals surface area contributed by atoms with Gasteiger partial charge in [0.2, 0.25) is 5.91 Å². The van der Waals surface area contributed by atoms with Gasteiger partial charge in [-0.25, -0.2) is 12.8 Å². The summed E-state index contributed by atoms with van der Waals surface area (Å²) in [5.74, 6) is 1.21. The minimum Gasteiger partial charge on any atom is -0.497 e. The number of thioether (sulfide) groups is 1. The van der Waals surface area contributed by atoms with Gasteiger partial charge in [0, 0.05) is 12.3 Å². The quantitative estimate of drug-likeness (QED) is 0.351. The van der Waals surface area contributed by atoms with E-state index in [2.05, 4.69) is 5.32 Å². The monoisotopic (exact) mass is 516 g/mol. The van der Waals surface area contributed by atoms with Crippen molar-refractivity contribution in [3.63, 3.8) is 0 Å². The number of methoxy groups -OCH3 is 1. The van der Waals surface area contributed by atoms with E-state index >= 15 is 0 Å². The van der Waals surface area contributed by atoms with E-state index in [0.29, 0.717) is 35.7 Å². The largest absolute Gasteiger partial charge is 0.497 e. The number of halogens is 1. The van der Waals surface area contributed by atoms with Crippen LogP contribution >= 0.6 is 11.8 Å². The highest BCUT2D eigenvalue weighted by molar-refractivity contribution is 7.98. The molecule has 1 N–H and O–H groups in total. The SMILES string of the molecule is COc1ccc(S(=O)(=O)N(CC(=O)NCCCSCc2ccccc2F)c2ccc(C)cc2)cc1. The van der Waals surface area contributed by atoms with Gasteiger partial charge in [0.25, 0.3) is 10.0 Å².